The molecule has 2 aliphatic rings. The molecule has 2 aliphatic heterocycles. The number of benzene rings is 1. The summed E-state index contributed by atoms with van der Waals surface area (Å²) in [6.45, 7) is 0.259. The lowest BCUT2D eigenvalue weighted by atomic mass is 10.0. The van der Waals surface area contributed by atoms with Crippen molar-refractivity contribution in [2.75, 3.05) is 0 Å². The molecule has 0 amide bonds. The summed E-state index contributed by atoms with van der Waals surface area (Å²) in [5, 5.41) is 3.61. The van der Waals surface area contributed by atoms with Gasteiger partial charge in [0.15, 0.2) is 0 Å². The van der Waals surface area contributed by atoms with E-state index < -0.39 is 6.67 Å². The van der Waals surface area contributed by atoms with Gasteiger partial charge in [-0.05, 0) is 36.8 Å². The lowest BCUT2D eigenvalue weighted by molar-refractivity contribution is 0.00916. The lowest BCUT2D eigenvalue weighted by Gasteiger charge is -2.29. The molecule has 2 fully saturated rings. The first kappa shape index (κ1) is 14.8. The van der Waals surface area contributed by atoms with E-state index in [0.29, 0.717) is 24.8 Å². The Balaban J connectivity index is 0.00000133. The zero-order chi connectivity index (χ0) is 12.4. The van der Waals surface area contributed by atoms with Gasteiger partial charge in [0.1, 0.15) is 6.67 Å². The quantitative estimate of drug-likeness (QED) is 0.916. The minimum absolute atomic E-state index is 0. The van der Waals surface area contributed by atoms with E-state index in [2.05, 4.69) is 5.32 Å². The molecular weight excluding hydrogens is 265 g/mol. The van der Waals surface area contributed by atoms with E-state index in [1.165, 1.54) is 12.8 Å². The second-order valence-electron chi connectivity index (χ2n) is 5.49. The maximum Gasteiger partial charge on any atom is 0.115 e. The fraction of sp³-hybridized carbons (Fsp3) is 0.600. The Kier molecular flexibility index (Phi) is 5.20. The highest BCUT2D eigenvalue weighted by molar-refractivity contribution is 5.85. The van der Waals surface area contributed by atoms with Crippen molar-refractivity contribution in [3.05, 3.63) is 35.4 Å². The predicted molar refractivity (Wildman–Crippen MR) is 76.3 cm³/mol. The highest BCUT2D eigenvalue weighted by Gasteiger charge is 2.33. The van der Waals surface area contributed by atoms with Crippen LogP contribution in [0, 0.1) is 0 Å². The molecule has 0 aromatic heterocycles. The molecule has 1 N–H and O–H groups in total. The highest BCUT2D eigenvalue weighted by atomic mass is 35.5. The van der Waals surface area contributed by atoms with Crippen LogP contribution in [-0.2, 0) is 18.0 Å². The van der Waals surface area contributed by atoms with Crippen molar-refractivity contribution in [2.45, 2.75) is 57.2 Å². The Labute approximate surface area is 120 Å². The Morgan fingerprint density at radius 1 is 1.05 bits per heavy atom. The molecule has 2 bridgehead atoms. The van der Waals surface area contributed by atoms with E-state index in [-0.39, 0.29) is 12.4 Å². The van der Waals surface area contributed by atoms with Gasteiger partial charge < -0.3 is 10.1 Å². The van der Waals surface area contributed by atoms with Gasteiger partial charge in [-0.1, -0.05) is 24.3 Å². The molecule has 1 aromatic carbocycles. The molecule has 1 aromatic rings. The van der Waals surface area contributed by atoms with Crippen LogP contribution in [0.3, 0.4) is 0 Å². The predicted octanol–water partition coefficient (Wildman–Crippen LogP) is 3.38. The molecular formula is C15H21ClFNO. The average Bonchev–Trinajstić information content (AvgIpc) is 2.76. The average molecular weight is 286 g/mol. The van der Waals surface area contributed by atoms with Crippen molar-refractivity contribution >= 4 is 12.4 Å². The first-order chi connectivity index (χ1) is 8.83. The molecule has 0 unspecified atom stereocenters. The second-order valence-corrected chi connectivity index (χ2v) is 5.49. The zero-order valence-electron chi connectivity index (χ0n) is 11.0. The van der Waals surface area contributed by atoms with Crippen LogP contribution in [0.1, 0.15) is 36.8 Å². The Morgan fingerprint density at radius 2 is 1.63 bits per heavy atom. The van der Waals surface area contributed by atoms with Crippen LogP contribution in [0.25, 0.3) is 0 Å². The topological polar surface area (TPSA) is 21.3 Å². The van der Waals surface area contributed by atoms with Gasteiger partial charge in [0, 0.05) is 12.1 Å². The number of ether oxygens (including phenoxy) is 1. The van der Waals surface area contributed by atoms with E-state index in [1.807, 2.05) is 24.3 Å². The fourth-order valence-corrected chi connectivity index (χ4v) is 3.08. The summed E-state index contributed by atoms with van der Waals surface area (Å²) in [5.74, 6) is 0. The summed E-state index contributed by atoms with van der Waals surface area (Å²) in [7, 11) is 0. The van der Waals surface area contributed by atoms with Crippen LogP contribution >= 0.6 is 12.4 Å². The molecule has 106 valence electrons. The molecule has 0 radical (unpaired) electrons. The number of alkyl halides is 1. The summed E-state index contributed by atoms with van der Waals surface area (Å²) < 4.78 is 18.4. The van der Waals surface area contributed by atoms with Crippen molar-refractivity contribution in [1.82, 2.24) is 5.32 Å². The third kappa shape index (κ3) is 3.68. The molecule has 0 saturated carbocycles. The number of hydrogen-bond acceptors (Lipinski definition) is 2. The molecule has 19 heavy (non-hydrogen) atoms. The van der Waals surface area contributed by atoms with Gasteiger partial charge in [0.2, 0.25) is 0 Å². The summed E-state index contributed by atoms with van der Waals surface area (Å²) in [6, 6.07) is 8.94. The Morgan fingerprint density at radius 3 is 2.21 bits per heavy atom. The smallest absolute Gasteiger partial charge is 0.115 e. The summed E-state index contributed by atoms with van der Waals surface area (Å²) >= 11 is 0. The van der Waals surface area contributed by atoms with Crippen molar-refractivity contribution in [1.29, 1.82) is 0 Å². The monoisotopic (exact) mass is 285 g/mol. The van der Waals surface area contributed by atoms with Crippen LogP contribution in [0.4, 0.5) is 4.39 Å². The van der Waals surface area contributed by atoms with E-state index in [4.69, 9.17) is 4.74 Å². The summed E-state index contributed by atoms with van der Waals surface area (Å²) in [6.07, 6.45) is 5.27. The maximum absolute atomic E-state index is 12.4. The number of nitrogens with one attached hydrogen (secondary N) is 1. The standard InChI is InChI=1S/C15H20FNO.ClH/c16-9-11-1-3-12(4-2-11)10-18-15-7-13-5-6-14(8-15)17-13;/h1-4,13-15,17H,5-10H2;1H/t13-,14+,15+;. The van der Waals surface area contributed by atoms with E-state index in [9.17, 15) is 4.39 Å². The molecule has 2 nitrogen and oxygen atoms in total. The van der Waals surface area contributed by atoms with Gasteiger partial charge in [-0.2, -0.15) is 0 Å². The van der Waals surface area contributed by atoms with Crippen LogP contribution in [-0.4, -0.2) is 18.2 Å². The highest BCUT2D eigenvalue weighted by Crippen LogP contribution is 2.28. The van der Waals surface area contributed by atoms with Crippen LogP contribution in [0.15, 0.2) is 24.3 Å². The number of rotatable bonds is 4. The molecule has 2 saturated heterocycles. The van der Waals surface area contributed by atoms with Crippen molar-refractivity contribution in [2.24, 2.45) is 0 Å². The number of hydrogen-bond donors (Lipinski definition) is 1. The Hall–Kier alpha value is -0.640. The Bertz CT molecular complexity index is 386. The number of fused-ring (bicyclic) bond motifs is 2. The largest absolute Gasteiger partial charge is 0.373 e. The molecule has 4 heteroatoms. The van der Waals surface area contributed by atoms with Crippen molar-refractivity contribution in [3.63, 3.8) is 0 Å². The van der Waals surface area contributed by atoms with Gasteiger partial charge in [0.25, 0.3) is 0 Å². The molecule has 0 aliphatic carbocycles. The van der Waals surface area contributed by atoms with Gasteiger partial charge in [-0.15, -0.1) is 12.4 Å². The zero-order valence-corrected chi connectivity index (χ0v) is 11.8. The SMILES string of the molecule is Cl.FCc1ccc(CO[C@H]2C[C@H]3CC[C@@H](C2)N3)cc1. The van der Waals surface area contributed by atoms with Crippen LogP contribution in [0.2, 0.25) is 0 Å². The second kappa shape index (κ2) is 6.69. The van der Waals surface area contributed by atoms with Gasteiger partial charge in [-0.3, -0.25) is 0 Å². The van der Waals surface area contributed by atoms with Gasteiger partial charge in [0.05, 0.1) is 12.7 Å². The molecule has 2 heterocycles. The van der Waals surface area contributed by atoms with Crippen molar-refractivity contribution in [3.8, 4) is 0 Å². The number of halogens is 2. The third-order valence-electron chi connectivity index (χ3n) is 4.09. The van der Waals surface area contributed by atoms with Crippen molar-refractivity contribution < 1.29 is 9.13 Å². The summed E-state index contributed by atoms with van der Waals surface area (Å²) in [4.78, 5) is 0. The maximum atomic E-state index is 12.4. The minimum atomic E-state index is -0.390. The molecule has 3 rings (SSSR count). The van der Waals surface area contributed by atoms with Crippen LogP contribution in [0.5, 0.6) is 0 Å². The van der Waals surface area contributed by atoms with E-state index >= 15 is 0 Å². The minimum Gasteiger partial charge on any atom is -0.373 e. The number of piperidine rings is 1. The fourth-order valence-electron chi connectivity index (χ4n) is 3.08. The lowest BCUT2D eigenvalue weighted by Crippen LogP contribution is -2.41. The molecule has 3 atom stereocenters. The summed E-state index contributed by atoms with van der Waals surface area (Å²) in [5.41, 5.74) is 1.87. The van der Waals surface area contributed by atoms with Gasteiger partial charge >= 0.3 is 0 Å². The first-order valence-corrected chi connectivity index (χ1v) is 6.85. The third-order valence-corrected chi connectivity index (χ3v) is 4.09. The molecule has 0 spiro atoms. The van der Waals surface area contributed by atoms with Gasteiger partial charge in [-0.25, -0.2) is 4.39 Å². The van der Waals surface area contributed by atoms with E-state index in [0.717, 1.165) is 24.0 Å². The normalized spacial score (nSPS) is 29.0. The first-order valence-electron chi connectivity index (χ1n) is 6.85. The van der Waals surface area contributed by atoms with E-state index in [1.54, 1.807) is 0 Å². The van der Waals surface area contributed by atoms with Crippen LogP contribution < -0.4 is 5.32 Å².